The maximum absolute atomic E-state index is 13.6. The quantitative estimate of drug-likeness (QED) is 0.347. The third kappa shape index (κ3) is 3.53. The first kappa shape index (κ1) is 20.5. The molecule has 2 aromatic carbocycles. The summed E-state index contributed by atoms with van der Waals surface area (Å²) in [4.78, 5) is 28.5. The van der Waals surface area contributed by atoms with Gasteiger partial charge in [-0.3, -0.25) is 4.79 Å². The molecule has 0 N–H and O–H groups in total. The number of hydrogen-bond acceptors (Lipinski definition) is 7. The number of carbonyl (C=O) groups is 2. The van der Waals surface area contributed by atoms with Gasteiger partial charge in [-0.1, -0.05) is 18.2 Å². The molecule has 0 fully saturated rings. The average Bonchev–Trinajstić information content (AvgIpc) is 3.10. The van der Waals surface area contributed by atoms with E-state index in [0.717, 1.165) is 3.97 Å². The summed E-state index contributed by atoms with van der Waals surface area (Å²) in [6.45, 7) is 3.02. The van der Waals surface area contributed by atoms with Crippen LogP contribution in [0.3, 0.4) is 0 Å². The lowest BCUT2D eigenvalue weighted by Crippen LogP contribution is -2.15. The van der Waals surface area contributed by atoms with Crippen molar-refractivity contribution < 1.29 is 27.5 Å². The van der Waals surface area contributed by atoms with Gasteiger partial charge in [0.15, 0.2) is 11.4 Å². The van der Waals surface area contributed by atoms with Gasteiger partial charge in [-0.15, -0.1) is 0 Å². The Labute approximate surface area is 178 Å². The van der Waals surface area contributed by atoms with Crippen LogP contribution in [0.1, 0.15) is 24.2 Å². The third-order valence-electron chi connectivity index (χ3n) is 4.59. The van der Waals surface area contributed by atoms with Gasteiger partial charge >= 0.3 is 11.9 Å². The zero-order valence-corrected chi connectivity index (χ0v) is 17.5. The lowest BCUT2D eigenvalue weighted by molar-refractivity contribution is -0.131. The smallest absolute Gasteiger partial charge is 0.338 e. The van der Waals surface area contributed by atoms with E-state index < -0.39 is 22.0 Å². The topological polar surface area (TPSA) is 105 Å². The number of ether oxygens (including phenoxy) is 2. The fraction of sp³-hybridized carbons (Fsp3) is 0.136. The van der Waals surface area contributed by atoms with E-state index in [9.17, 15) is 18.0 Å². The molecule has 0 amide bonds. The molecule has 2 heterocycles. The van der Waals surface area contributed by atoms with Crippen LogP contribution >= 0.6 is 0 Å². The first-order chi connectivity index (χ1) is 14.8. The third-order valence-corrected chi connectivity index (χ3v) is 6.30. The van der Waals surface area contributed by atoms with Gasteiger partial charge in [-0.2, -0.15) is 0 Å². The van der Waals surface area contributed by atoms with Gasteiger partial charge in [0.25, 0.3) is 10.0 Å². The van der Waals surface area contributed by atoms with Crippen molar-refractivity contribution in [2.75, 3.05) is 6.61 Å². The van der Waals surface area contributed by atoms with E-state index >= 15 is 0 Å². The molecule has 9 heteroatoms. The van der Waals surface area contributed by atoms with Crippen molar-refractivity contribution in [2.24, 2.45) is 0 Å². The number of rotatable bonds is 5. The zero-order valence-electron chi connectivity index (χ0n) is 16.7. The number of carbonyl (C=O) groups excluding carboxylic acids is 2. The lowest BCUT2D eigenvalue weighted by atomic mass is 10.1. The highest BCUT2D eigenvalue weighted by molar-refractivity contribution is 7.90. The van der Waals surface area contributed by atoms with Crippen LogP contribution in [-0.4, -0.2) is 35.9 Å². The monoisotopic (exact) mass is 438 g/mol. The van der Waals surface area contributed by atoms with Gasteiger partial charge in [0.2, 0.25) is 0 Å². The first-order valence-corrected chi connectivity index (χ1v) is 10.9. The standard InChI is InChI=1S/C22H18N2O6S/c1-3-29-22(26)15-12-18-17-10-7-11-23-21(17)24(20(18)19(13-15)30-14(2)25)31(27,28)16-8-5-4-6-9-16/h4-13H,3H2,1-2H3. The lowest BCUT2D eigenvalue weighted by Gasteiger charge is -2.12. The summed E-state index contributed by atoms with van der Waals surface area (Å²) in [7, 11) is -4.10. The summed E-state index contributed by atoms with van der Waals surface area (Å²) < 4.78 is 38.6. The van der Waals surface area contributed by atoms with E-state index in [0.29, 0.717) is 10.8 Å². The number of esters is 2. The largest absolute Gasteiger partial charge is 0.462 e. The predicted molar refractivity (Wildman–Crippen MR) is 114 cm³/mol. The molecule has 0 aliphatic heterocycles. The van der Waals surface area contributed by atoms with Crippen LogP contribution in [0.5, 0.6) is 5.75 Å². The molecule has 0 spiro atoms. The molecule has 4 aromatic rings. The molecule has 0 radical (unpaired) electrons. The summed E-state index contributed by atoms with van der Waals surface area (Å²) in [6, 6.07) is 14.0. The van der Waals surface area contributed by atoms with Crippen LogP contribution in [0.4, 0.5) is 0 Å². The molecule has 8 nitrogen and oxygen atoms in total. The summed E-state index contributed by atoms with van der Waals surface area (Å²) in [5, 5.41) is 0.876. The van der Waals surface area contributed by atoms with Crippen LogP contribution < -0.4 is 4.74 Å². The Bertz CT molecular complexity index is 1420. The summed E-state index contributed by atoms with van der Waals surface area (Å²) in [6.07, 6.45) is 1.47. The van der Waals surface area contributed by atoms with Crippen molar-refractivity contribution in [2.45, 2.75) is 18.7 Å². The van der Waals surface area contributed by atoms with E-state index in [4.69, 9.17) is 9.47 Å². The number of aromatic nitrogens is 2. The highest BCUT2D eigenvalue weighted by Crippen LogP contribution is 2.38. The Morgan fingerprint density at radius 3 is 2.45 bits per heavy atom. The number of hydrogen-bond donors (Lipinski definition) is 0. The normalized spacial score (nSPS) is 11.5. The molecule has 4 rings (SSSR count). The van der Waals surface area contributed by atoms with E-state index in [-0.39, 0.29) is 34.0 Å². The minimum Gasteiger partial charge on any atom is -0.462 e. The molecular weight excluding hydrogens is 420 g/mol. The van der Waals surface area contributed by atoms with Crippen LogP contribution in [0, 0.1) is 0 Å². The van der Waals surface area contributed by atoms with Crippen molar-refractivity contribution in [1.29, 1.82) is 0 Å². The Kier molecular flexibility index (Phi) is 5.20. The van der Waals surface area contributed by atoms with Crippen molar-refractivity contribution in [3.05, 3.63) is 66.4 Å². The number of pyridine rings is 1. The van der Waals surface area contributed by atoms with Crippen LogP contribution in [0.25, 0.3) is 21.9 Å². The number of benzene rings is 2. The van der Waals surface area contributed by atoms with E-state index in [2.05, 4.69) is 4.98 Å². The van der Waals surface area contributed by atoms with E-state index in [1.807, 2.05) is 0 Å². The van der Waals surface area contributed by atoms with Gasteiger partial charge < -0.3 is 9.47 Å². The fourth-order valence-electron chi connectivity index (χ4n) is 3.39. The molecule has 0 unspecified atom stereocenters. The van der Waals surface area contributed by atoms with E-state index in [1.54, 1.807) is 37.3 Å². The minimum absolute atomic E-state index is 0.0442. The molecule has 0 aliphatic rings. The fourth-order valence-corrected chi connectivity index (χ4v) is 4.91. The summed E-state index contributed by atoms with van der Waals surface area (Å²) in [5.74, 6) is -1.36. The highest BCUT2D eigenvalue weighted by Gasteiger charge is 2.28. The molecule has 0 saturated heterocycles. The molecular formula is C22H18N2O6S. The van der Waals surface area contributed by atoms with Crippen molar-refractivity contribution in [3.8, 4) is 5.75 Å². The molecule has 2 aromatic heterocycles. The Morgan fingerprint density at radius 2 is 1.77 bits per heavy atom. The van der Waals surface area contributed by atoms with Crippen LogP contribution in [0.15, 0.2) is 65.7 Å². The molecule has 0 saturated carbocycles. The zero-order chi connectivity index (χ0) is 22.2. The minimum atomic E-state index is -4.10. The van der Waals surface area contributed by atoms with Gasteiger partial charge in [0.05, 0.1) is 17.1 Å². The summed E-state index contributed by atoms with van der Waals surface area (Å²) >= 11 is 0. The van der Waals surface area contributed by atoms with E-state index in [1.165, 1.54) is 37.4 Å². The second kappa shape index (κ2) is 7.84. The Morgan fingerprint density at radius 1 is 1.03 bits per heavy atom. The SMILES string of the molecule is CCOC(=O)c1cc(OC(C)=O)c2c(c1)c1cccnc1n2S(=O)(=O)c1ccccc1. The maximum Gasteiger partial charge on any atom is 0.338 e. The van der Waals surface area contributed by atoms with Gasteiger partial charge in [0.1, 0.15) is 5.52 Å². The molecule has 0 bridgehead atoms. The average molecular weight is 438 g/mol. The Hall–Kier alpha value is -3.72. The van der Waals surface area contributed by atoms with Crippen LogP contribution in [-0.2, 0) is 19.6 Å². The van der Waals surface area contributed by atoms with Crippen molar-refractivity contribution in [1.82, 2.24) is 8.96 Å². The molecule has 31 heavy (non-hydrogen) atoms. The highest BCUT2D eigenvalue weighted by atomic mass is 32.2. The summed E-state index contributed by atoms with van der Waals surface area (Å²) in [5.41, 5.74) is 0.391. The number of fused-ring (bicyclic) bond motifs is 3. The van der Waals surface area contributed by atoms with Gasteiger partial charge in [0, 0.05) is 23.9 Å². The maximum atomic E-state index is 13.6. The number of nitrogens with zero attached hydrogens (tertiary/aromatic N) is 2. The van der Waals surface area contributed by atoms with Gasteiger partial charge in [-0.25, -0.2) is 22.2 Å². The first-order valence-electron chi connectivity index (χ1n) is 9.44. The van der Waals surface area contributed by atoms with Crippen molar-refractivity contribution >= 4 is 43.9 Å². The van der Waals surface area contributed by atoms with Crippen LogP contribution in [0.2, 0.25) is 0 Å². The van der Waals surface area contributed by atoms with Crippen molar-refractivity contribution in [3.63, 3.8) is 0 Å². The van der Waals surface area contributed by atoms with Gasteiger partial charge in [-0.05, 0) is 43.3 Å². The predicted octanol–water partition coefficient (Wildman–Crippen LogP) is 3.53. The molecule has 158 valence electrons. The molecule has 0 atom stereocenters. The second-order valence-electron chi connectivity index (χ2n) is 6.64. The second-order valence-corrected chi connectivity index (χ2v) is 8.43. The Balaban J connectivity index is 2.15. The molecule has 0 aliphatic carbocycles.